The smallest absolute Gasteiger partial charge is 0.308 e. The van der Waals surface area contributed by atoms with Crippen LogP contribution < -0.4 is 0 Å². The second-order valence-corrected chi connectivity index (χ2v) is 5.08. The van der Waals surface area contributed by atoms with E-state index < -0.39 is 11.9 Å². The SMILES string of the molecule is CC(C(=O)O)C(C)n1nnnc1CCC1CCCO1. The minimum absolute atomic E-state index is 0.257. The summed E-state index contributed by atoms with van der Waals surface area (Å²) in [6.07, 6.45) is 4.09. The summed E-state index contributed by atoms with van der Waals surface area (Å²) in [7, 11) is 0. The molecule has 0 spiro atoms. The first kappa shape index (κ1) is 13.9. The molecule has 0 aromatic carbocycles. The maximum atomic E-state index is 11.0. The molecular weight excluding hydrogens is 248 g/mol. The van der Waals surface area contributed by atoms with Crippen LogP contribution >= 0.6 is 0 Å². The molecule has 0 amide bonds. The van der Waals surface area contributed by atoms with E-state index in [4.69, 9.17) is 9.84 Å². The van der Waals surface area contributed by atoms with E-state index in [9.17, 15) is 4.79 Å². The van der Waals surface area contributed by atoms with Crippen LogP contribution in [0.15, 0.2) is 0 Å². The van der Waals surface area contributed by atoms with E-state index in [-0.39, 0.29) is 12.1 Å². The molecule has 7 heteroatoms. The van der Waals surface area contributed by atoms with Crippen LogP contribution in [0.25, 0.3) is 0 Å². The van der Waals surface area contributed by atoms with Gasteiger partial charge in [0.25, 0.3) is 0 Å². The molecule has 2 rings (SSSR count). The highest BCUT2D eigenvalue weighted by molar-refractivity contribution is 5.70. The molecule has 0 saturated carbocycles. The van der Waals surface area contributed by atoms with Crippen LogP contribution in [-0.4, -0.2) is 44.0 Å². The summed E-state index contributed by atoms with van der Waals surface area (Å²) in [5.41, 5.74) is 0. The van der Waals surface area contributed by atoms with Gasteiger partial charge < -0.3 is 9.84 Å². The number of nitrogens with zero attached hydrogens (tertiary/aromatic N) is 4. The van der Waals surface area contributed by atoms with Crippen LogP contribution in [0, 0.1) is 5.92 Å². The molecule has 0 bridgehead atoms. The summed E-state index contributed by atoms with van der Waals surface area (Å²) in [5, 5.41) is 20.6. The highest BCUT2D eigenvalue weighted by atomic mass is 16.5. The van der Waals surface area contributed by atoms with Gasteiger partial charge in [-0.25, -0.2) is 4.68 Å². The third-order valence-corrected chi connectivity index (χ3v) is 3.77. The van der Waals surface area contributed by atoms with Crippen molar-refractivity contribution in [2.75, 3.05) is 6.61 Å². The van der Waals surface area contributed by atoms with E-state index in [1.807, 2.05) is 6.92 Å². The number of hydrogen-bond donors (Lipinski definition) is 1. The largest absolute Gasteiger partial charge is 0.481 e. The van der Waals surface area contributed by atoms with Crippen LogP contribution in [-0.2, 0) is 16.0 Å². The Labute approximate surface area is 111 Å². The first-order chi connectivity index (χ1) is 9.09. The summed E-state index contributed by atoms with van der Waals surface area (Å²) in [6.45, 7) is 4.32. The molecule has 106 valence electrons. The van der Waals surface area contributed by atoms with Gasteiger partial charge in [0.2, 0.25) is 0 Å². The third kappa shape index (κ3) is 3.28. The van der Waals surface area contributed by atoms with Gasteiger partial charge in [0.05, 0.1) is 18.1 Å². The number of aromatic nitrogens is 4. The lowest BCUT2D eigenvalue weighted by molar-refractivity contribution is -0.142. The van der Waals surface area contributed by atoms with E-state index >= 15 is 0 Å². The van der Waals surface area contributed by atoms with Gasteiger partial charge in [-0.3, -0.25) is 4.79 Å². The molecule has 1 aliphatic heterocycles. The van der Waals surface area contributed by atoms with Crippen molar-refractivity contribution in [3.63, 3.8) is 0 Å². The van der Waals surface area contributed by atoms with Crippen molar-refractivity contribution in [1.29, 1.82) is 0 Å². The molecule has 1 aliphatic rings. The quantitative estimate of drug-likeness (QED) is 0.829. The number of carbonyl (C=O) groups is 1. The highest BCUT2D eigenvalue weighted by Crippen LogP contribution is 2.20. The van der Waals surface area contributed by atoms with E-state index in [2.05, 4.69) is 15.5 Å². The average molecular weight is 268 g/mol. The van der Waals surface area contributed by atoms with Crippen molar-refractivity contribution in [2.45, 2.75) is 51.7 Å². The van der Waals surface area contributed by atoms with Crippen LogP contribution in [0.4, 0.5) is 0 Å². The first-order valence-electron chi connectivity index (χ1n) is 6.70. The van der Waals surface area contributed by atoms with Crippen molar-refractivity contribution in [3.05, 3.63) is 5.82 Å². The summed E-state index contributed by atoms with van der Waals surface area (Å²) in [4.78, 5) is 11.0. The molecule has 3 atom stereocenters. The Hall–Kier alpha value is -1.50. The Kier molecular flexibility index (Phi) is 4.47. The van der Waals surface area contributed by atoms with Crippen molar-refractivity contribution >= 4 is 5.97 Å². The Bertz CT molecular complexity index is 428. The maximum absolute atomic E-state index is 11.0. The van der Waals surface area contributed by atoms with E-state index in [1.165, 1.54) is 0 Å². The Morgan fingerprint density at radius 1 is 1.58 bits per heavy atom. The Morgan fingerprint density at radius 2 is 2.37 bits per heavy atom. The molecule has 1 aromatic rings. The average Bonchev–Trinajstić information content (AvgIpc) is 3.05. The zero-order valence-electron chi connectivity index (χ0n) is 11.3. The van der Waals surface area contributed by atoms with Crippen LogP contribution in [0.5, 0.6) is 0 Å². The maximum Gasteiger partial charge on any atom is 0.308 e. The second kappa shape index (κ2) is 6.10. The lowest BCUT2D eigenvalue weighted by Gasteiger charge is -2.17. The summed E-state index contributed by atoms with van der Waals surface area (Å²) in [6, 6.07) is -0.257. The molecule has 1 N–H and O–H groups in total. The number of rotatable bonds is 6. The Balaban J connectivity index is 1.98. The minimum atomic E-state index is -0.840. The number of tetrazole rings is 1. The van der Waals surface area contributed by atoms with Gasteiger partial charge in [0.1, 0.15) is 0 Å². The minimum Gasteiger partial charge on any atom is -0.481 e. The van der Waals surface area contributed by atoms with Gasteiger partial charge in [-0.05, 0) is 43.5 Å². The second-order valence-electron chi connectivity index (χ2n) is 5.08. The van der Waals surface area contributed by atoms with Gasteiger partial charge in [0.15, 0.2) is 5.82 Å². The zero-order valence-corrected chi connectivity index (χ0v) is 11.3. The predicted molar refractivity (Wildman–Crippen MR) is 66.6 cm³/mol. The molecular formula is C12H20N4O3. The zero-order chi connectivity index (χ0) is 13.8. The third-order valence-electron chi connectivity index (χ3n) is 3.77. The molecule has 0 aliphatic carbocycles. The van der Waals surface area contributed by atoms with Gasteiger partial charge in [-0.1, -0.05) is 0 Å². The van der Waals surface area contributed by atoms with Crippen molar-refractivity contribution in [3.8, 4) is 0 Å². The lowest BCUT2D eigenvalue weighted by atomic mass is 10.0. The fraction of sp³-hybridized carbons (Fsp3) is 0.833. The molecule has 1 fully saturated rings. The molecule has 7 nitrogen and oxygen atoms in total. The number of carboxylic acid groups (broad SMARTS) is 1. The molecule has 19 heavy (non-hydrogen) atoms. The number of carboxylic acids is 1. The van der Waals surface area contributed by atoms with Crippen LogP contribution in [0.3, 0.4) is 0 Å². The number of ether oxygens (including phenoxy) is 1. The van der Waals surface area contributed by atoms with Gasteiger partial charge in [-0.2, -0.15) is 0 Å². The van der Waals surface area contributed by atoms with Gasteiger partial charge in [0, 0.05) is 13.0 Å². The van der Waals surface area contributed by atoms with Crippen molar-refractivity contribution in [1.82, 2.24) is 20.2 Å². The van der Waals surface area contributed by atoms with E-state index in [1.54, 1.807) is 11.6 Å². The molecule has 3 unspecified atom stereocenters. The number of aliphatic carboxylic acids is 1. The number of aryl methyl sites for hydroxylation is 1. The monoisotopic (exact) mass is 268 g/mol. The molecule has 2 heterocycles. The lowest BCUT2D eigenvalue weighted by Crippen LogP contribution is -2.24. The van der Waals surface area contributed by atoms with Gasteiger partial charge in [-0.15, -0.1) is 5.10 Å². The van der Waals surface area contributed by atoms with Crippen LogP contribution in [0.2, 0.25) is 0 Å². The summed E-state index contributed by atoms with van der Waals surface area (Å²) in [5.74, 6) is -0.630. The fourth-order valence-electron chi connectivity index (χ4n) is 2.27. The molecule has 0 radical (unpaired) electrons. The van der Waals surface area contributed by atoms with E-state index in [0.717, 1.165) is 31.7 Å². The topological polar surface area (TPSA) is 90.1 Å². The first-order valence-corrected chi connectivity index (χ1v) is 6.70. The Morgan fingerprint density at radius 3 is 3.00 bits per heavy atom. The summed E-state index contributed by atoms with van der Waals surface area (Å²) < 4.78 is 7.18. The molecule has 1 aromatic heterocycles. The summed E-state index contributed by atoms with van der Waals surface area (Å²) >= 11 is 0. The van der Waals surface area contributed by atoms with Crippen molar-refractivity contribution < 1.29 is 14.6 Å². The predicted octanol–water partition coefficient (Wildman–Crippen LogP) is 1.07. The number of hydrogen-bond acceptors (Lipinski definition) is 5. The normalized spacial score (nSPS) is 22.3. The van der Waals surface area contributed by atoms with Crippen LogP contribution in [0.1, 0.15) is 45.0 Å². The molecule has 1 saturated heterocycles. The highest BCUT2D eigenvalue weighted by Gasteiger charge is 2.25. The fourth-order valence-corrected chi connectivity index (χ4v) is 2.27. The van der Waals surface area contributed by atoms with Gasteiger partial charge >= 0.3 is 5.97 Å². The van der Waals surface area contributed by atoms with E-state index in [0.29, 0.717) is 6.42 Å². The van der Waals surface area contributed by atoms with Crippen molar-refractivity contribution in [2.24, 2.45) is 5.92 Å². The standard InChI is InChI=1S/C12H20N4O3/c1-8(12(17)18)9(2)16-11(13-14-15-16)6-5-10-4-3-7-19-10/h8-10H,3-7H2,1-2H3,(H,17,18).